The lowest BCUT2D eigenvalue weighted by Crippen LogP contribution is -2.31. The Kier molecular flexibility index (Phi) is 3.46. The number of rotatable bonds is 2. The van der Waals surface area contributed by atoms with E-state index in [0.29, 0.717) is 5.52 Å². The smallest absolute Gasteiger partial charge is 0.125 e. The van der Waals surface area contributed by atoms with Crippen molar-refractivity contribution in [3.05, 3.63) is 71.2 Å². The Hall–Kier alpha value is -2.46. The lowest BCUT2D eigenvalue weighted by molar-refractivity contribution is 0.242. The minimum atomic E-state index is -0.277. The van der Waals surface area contributed by atoms with E-state index in [9.17, 15) is 4.39 Å². The molecule has 3 nitrogen and oxygen atoms in total. The monoisotopic (exact) mass is 307 g/mol. The third-order valence-corrected chi connectivity index (χ3v) is 4.48. The van der Waals surface area contributed by atoms with Gasteiger partial charge in [0, 0.05) is 36.8 Å². The van der Waals surface area contributed by atoms with Gasteiger partial charge >= 0.3 is 0 Å². The number of nitrogen functional groups attached to an aromatic ring is 1. The van der Waals surface area contributed by atoms with Crippen LogP contribution in [0.3, 0.4) is 0 Å². The Balaban J connectivity index is 1.67. The van der Waals surface area contributed by atoms with Crippen LogP contribution in [0.1, 0.15) is 16.8 Å². The number of fused-ring (bicyclic) bond motifs is 2. The topological polar surface area (TPSA) is 42.1 Å². The van der Waals surface area contributed by atoms with Gasteiger partial charge in [-0.15, -0.1) is 0 Å². The molecule has 0 atom stereocenters. The summed E-state index contributed by atoms with van der Waals surface area (Å²) in [5.41, 5.74) is 11.1. The maximum absolute atomic E-state index is 13.5. The fraction of sp³-hybridized carbons (Fsp3) is 0.211. The van der Waals surface area contributed by atoms with Crippen molar-refractivity contribution in [3.8, 4) is 0 Å². The number of pyridine rings is 1. The van der Waals surface area contributed by atoms with Crippen LogP contribution in [0.15, 0.2) is 48.5 Å². The predicted octanol–water partition coefficient (Wildman–Crippen LogP) is 3.51. The molecule has 116 valence electrons. The first-order valence-corrected chi connectivity index (χ1v) is 7.83. The van der Waals surface area contributed by atoms with Crippen molar-refractivity contribution in [1.82, 2.24) is 9.88 Å². The van der Waals surface area contributed by atoms with Crippen molar-refractivity contribution in [3.63, 3.8) is 0 Å². The number of nitrogens with zero attached hydrogens (tertiary/aromatic N) is 2. The van der Waals surface area contributed by atoms with E-state index in [1.165, 1.54) is 17.7 Å². The van der Waals surface area contributed by atoms with Gasteiger partial charge in [0.15, 0.2) is 0 Å². The second-order valence-electron chi connectivity index (χ2n) is 6.06. The third kappa shape index (κ3) is 2.66. The molecule has 0 unspecified atom stereocenters. The van der Waals surface area contributed by atoms with Crippen molar-refractivity contribution in [2.24, 2.45) is 0 Å². The maximum atomic E-state index is 13.5. The molecule has 2 N–H and O–H groups in total. The van der Waals surface area contributed by atoms with Crippen molar-refractivity contribution in [2.75, 3.05) is 12.3 Å². The van der Waals surface area contributed by atoms with Crippen LogP contribution >= 0.6 is 0 Å². The number of benzene rings is 2. The van der Waals surface area contributed by atoms with Gasteiger partial charge in [-0.2, -0.15) is 0 Å². The van der Waals surface area contributed by atoms with Gasteiger partial charge in [0.1, 0.15) is 5.82 Å². The molecule has 0 fully saturated rings. The molecule has 0 spiro atoms. The van der Waals surface area contributed by atoms with E-state index in [1.54, 1.807) is 6.07 Å². The summed E-state index contributed by atoms with van der Waals surface area (Å²) in [4.78, 5) is 7.02. The standard InChI is InChI=1S/C19H18FN3/c20-14-6-7-15-17(10-14)22-18-12-23(9-8-16(18)19(15)21)11-13-4-2-1-3-5-13/h1-7,10H,8-9,11-12H2,(H2,21,22). The highest BCUT2D eigenvalue weighted by molar-refractivity contribution is 5.92. The summed E-state index contributed by atoms with van der Waals surface area (Å²) in [6.45, 7) is 2.60. The Labute approximate surface area is 134 Å². The highest BCUT2D eigenvalue weighted by Crippen LogP contribution is 2.30. The molecule has 2 heterocycles. The minimum Gasteiger partial charge on any atom is -0.398 e. The van der Waals surface area contributed by atoms with Crippen LogP contribution in [0.4, 0.5) is 10.1 Å². The predicted molar refractivity (Wildman–Crippen MR) is 90.4 cm³/mol. The highest BCUT2D eigenvalue weighted by atomic mass is 19.1. The maximum Gasteiger partial charge on any atom is 0.125 e. The fourth-order valence-corrected chi connectivity index (χ4v) is 3.30. The molecule has 23 heavy (non-hydrogen) atoms. The van der Waals surface area contributed by atoms with Crippen LogP contribution in [0.25, 0.3) is 10.9 Å². The number of hydrogen-bond acceptors (Lipinski definition) is 3. The zero-order valence-corrected chi connectivity index (χ0v) is 12.8. The Morgan fingerprint density at radius 2 is 1.96 bits per heavy atom. The summed E-state index contributed by atoms with van der Waals surface area (Å²) in [6, 6.07) is 15.0. The molecule has 1 aliphatic rings. The zero-order chi connectivity index (χ0) is 15.8. The van der Waals surface area contributed by atoms with Gasteiger partial charge in [-0.3, -0.25) is 9.88 Å². The number of anilines is 1. The van der Waals surface area contributed by atoms with Crippen LogP contribution in [0, 0.1) is 5.82 Å². The zero-order valence-electron chi connectivity index (χ0n) is 12.8. The molecule has 0 saturated carbocycles. The van der Waals surface area contributed by atoms with Crippen LogP contribution in [0.2, 0.25) is 0 Å². The van der Waals surface area contributed by atoms with Gasteiger partial charge in [-0.25, -0.2) is 4.39 Å². The Morgan fingerprint density at radius 1 is 1.13 bits per heavy atom. The van der Waals surface area contributed by atoms with E-state index >= 15 is 0 Å². The van der Waals surface area contributed by atoms with E-state index in [1.807, 2.05) is 6.07 Å². The normalized spacial score (nSPS) is 14.8. The van der Waals surface area contributed by atoms with Gasteiger partial charge in [0.05, 0.1) is 11.2 Å². The molecule has 1 aromatic heterocycles. The summed E-state index contributed by atoms with van der Waals surface area (Å²) < 4.78 is 13.5. The summed E-state index contributed by atoms with van der Waals surface area (Å²) in [7, 11) is 0. The first kappa shape index (κ1) is 14.2. The largest absolute Gasteiger partial charge is 0.398 e. The van der Waals surface area contributed by atoms with Crippen molar-refractivity contribution in [2.45, 2.75) is 19.5 Å². The van der Waals surface area contributed by atoms with E-state index < -0.39 is 0 Å². The van der Waals surface area contributed by atoms with Crippen molar-refractivity contribution < 1.29 is 4.39 Å². The van der Waals surface area contributed by atoms with Crippen LogP contribution in [-0.2, 0) is 19.5 Å². The average molecular weight is 307 g/mol. The quantitative estimate of drug-likeness (QED) is 0.788. The van der Waals surface area contributed by atoms with Crippen LogP contribution < -0.4 is 5.73 Å². The first-order valence-electron chi connectivity index (χ1n) is 7.83. The van der Waals surface area contributed by atoms with E-state index in [0.717, 1.165) is 48.4 Å². The number of halogens is 1. The third-order valence-electron chi connectivity index (χ3n) is 4.48. The number of aromatic nitrogens is 1. The molecule has 4 rings (SSSR count). The van der Waals surface area contributed by atoms with Crippen molar-refractivity contribution >= 4 is 16.6 Å². The summed E-state index contributed by atoms with van der Waals surface area (Å²) in [5.74, 6) is -0.277. The Bertz CT molecular complexity index is 861. The van der Waals surface area contributed by atoms with Crippen LogP contribution in [-0.4, -0.2) is 16.4 Å². The molecule has 0 bridgehead atoms. The molecule has 4 heteroatoms. The van der Waals surface area contributed by atoms with Gasteiger partial charge in [-0.1, -0.05) is 30.3 Å². The van der Waals surface area contributed by atoms with Gasteiger partial charge in [0.2, 0.25) is 0 Å². The number of nitrogens with two attached hydrogens (primary N) is 1. The molecule has 1 aliphatic heterocycles. The summed E-state index contributed by atoms with van der Waals surface area (Å²) in [6.07, 6.45) is 0.883. The van der Waals surface area contributed by atoms with Gasteiger partial charge in [-0.05, 0) is 29.7 Å². The van der Waals surface area contributed by atoms with Gasteiger partial charge in [0.25, 0.3) is 0 Å². The molecule has 0 amide bonds. The second-order valence-corrected chi connectivity index (χ2v) is 6.06. The fourth-order valence-electron chi connectivity index (χ4n) is 3.30. The van der Waals surface area contributed by atoms with Crippen LogP contribution in [0.5, 0.6) is 0 Å². The Morgan fingerprint density at radius 3 is 2.78 bits per heavy atom. The SMILES string of the molecule is Nc1c2c(nc3cc(F)ccc13)CN(Cc1ccccc1)CC2. The van der Waals surface area contributed by atoms with Crippen molar-refractivity contribution in [1.29, 1.82) is 0 Å². The van der Waals surface area contributed by atoms with E-state index in [-0.39, 0.29) is 5.82 Å². The molecule has 0 aliphatic carbocycles. The minimum absolute atomic E-state index is 0.277. The lowest BCUT2D eigenvalue weighted by Gasteiger charge is -2.29. The summed E-state index contributed by atoms with van der Waals surface area (Å²) >= 11 is 0. The van der Waals surface area contributed by atoms with E-state index in [4.69, 9.17) is 5.73 Å². The molecular weight excluding hydrogens is 289 g/mol. The second kappa shape index (κ2) is 5.63. The molecule has 2 aromatic carbocycles. The van der Waals surface area contributed by atoms with E-state index in [2.05, 4.69) is 34.1 Å². The molecule has 3 aromatic rings. The van der Waals surface area contributed by atoms with Gasteiger partial charge < -0.3 is 5.73 Å². The molecule has 0 radical (unpaired) electrons. The number of hydrogen-bond donors (Lipinski definition) is 1. The lowest BCUT2D eigenvalue weighted by atomic mass is 9.99. The highest BCUT2D eigenvalue weighted by Gasteiger charge is 2.21. The first-order chi connectivity index (χ1) is 11.2. The summed E-state index contributed by atoms with van der Waals surface area (Å²) in [5, 5.41) is 0.849. The average Bonchev–Trinajstić information content (AvgIpc) is 2.55. The molecule has 0 saturated heterocycles. The molecular formula is C19H18FN3.